The molecule has 114 valence electrons. The summed E-state index contributed by atoms with van der Waals surface area (Å²) in [6.07, 6.45) is 0.169. The Morgan fingerprint density at radius 1 is 1.48 bits per heavy atom. The van der Waals surface area contributed by atoms with Crippen molar-refractivity contribution in [2.45, 2.75) is 12.5 Å². The van der Waals surface area contributed by atoms with E-state index in [2.05, 4.69) is 4.90 Å². The van der Waals surface area contributed by atoms with Crippen molar-refractivity contribution in [3.63, 3.8) is 0 Å². The molecule has 1 aliphatic rings. The van der Waals surface area contributed by atoms with Gasteiger partial charge in [0.2, 0.25) is 5.91 Å². The van der Waals surface area contributed by atoms with E-state index in [1.54, 1.807) is 17.0 Å². The summed E-state index contributed by atoms with van der Waals surface area (Å²) in [5.74, 6) is -0.0287. The number of rotatable bonds is 4. The number of amides is 1. The first-order chi connectivity index (χ1) is 10.0. The van der Waals surface area contributed by atoms with Gasteiger partial charge < -0.3 is 15.5 Å². The van der Waals surface area contributed by atoms with Crippen molar-refractivity contribution >= 4 is 11.6 Å². The molecule has 1 atom stereocenters. The van der Waals surface area contributed by atoms with Gasteiger partial charge in [0, 0.05) is 38.3 Å². The summed E-state index contributed by atoms with van der Waals surface area (Å²) in [7, 11) is 2.00. The number of carbonyl (C=O) groups is 1. The average molecular weight is 292 g/mol. The van der Waals surface area contributed by atoms with E-state index in [1.807, 2.05) is 7.05 Å². The van der Waals surface area contributed by atoms with Gasteiger partial charge in [0.1, 0.15) is 0 Å². The molecule has 1 aromatic carbocycles. The molecule has 0 aliphatic carbocycles. The summed E-state index contributed by atoms with van der Waals surface area (Å²) >= 11 is 0. The lowest BCUT2D eigenvalue weighted by atomic mass is 10.1. The zero-order chi connectivity index (χ0) is 15.4. The summed E-state index contributed by atoms with van der Waals surface area (Å²) in [4.78, 5) is 26.7. The predicted octanol–water partition coefficient (Wildman–Crippen LogP) is 0.239. The lowest BCUT2D eigenvalue weighted by Crippen LogP contribution is -2.57. The summed E-state index contributed by atoms with van der Waals surface area (Å²) in [5, 5.41) is 10.8. The van der Waals surface area contributed by atoms with E-state index in [1.165, 1.54) is 12.1 Å². The maximum absolute atomic E-state index is 12.4. The standard InChI is InChI=1S/C14H20N4O3/c1-16-5-6-17(13(9-15)10-16)14(19)8-11-3-2-4-12(7-11)18(20)21/h2-4,7,13H,5-6,8-10,15H2,1H3. The van der Waals surface area contributed by atoms with Crippen molar-refractivity contribution in [3.05, 3.63) is 39.9 Å². The minimum Gasteiger partial charge on any atom is -0.336 e. The van der Waals surface area contributed by atoms with Crippen LogP contribution in [0.3, 0.4) is 0 Å². The lowest BCUT2D eigenvalue weighted by Gasteiger charge is -2.39. The van der Waals surface area contributed by atoms with Crippen LogP contribution in [-0.4, -0.2) is 59.9 Å². The third-order valence-corrected chi connectivity index (χ3v) is 3.75. The van der Waals surface area contributed by atoms with Gasteiger partial charge in [-0.3, -0.25) is 14.9 Å². The van der Waals surface area contributed by atoms with E-state index in [4.69, 9.17) is 5.73 Å². The number of nitro groups is 1. The second-order valence-electron chi connectivity index (χ2n) is 5.34. The fraction of sp³-hybridized carbons (Fsp3) is 0.500. The molecule has 7 heteroatoms. The molecule has 1 fully saturated rings. The molecule has 2 N–H and O–H groups in total. The number of nitro benzene ring substituents is 1. The highest BCUT2D eigenvalue weighted by atomic mass is 16.6. The molecule has 0 aromatic heterocycles. The Hall–Kier alpha value is -1.99. The van der Waals surface area contributed by atoms with Crippen LogP contribution in [0.25, 0.3) is 0 Å². The average Bonchev–Trinajstić information content (AvgIpc) is 2.47. The number of benzene rings is 1. The van der Waals surface area contributed by atoms with Crippen LogP contribution >= 0.6 is 0 Å². The second-order valence-corrected chi connectivity index (χ2v) is 5.34. The smallest absolute Gasteiger partial charge is 0.269 e. The molecule has 0 saturated carbocycles. The molecule has 1 heterocycles. The number of nitrogens with two attached hydrogens (primary N) is 1. The van der Waals surface area contributed by atoms with Crippen LogP contribution in [-0.2, 0) is 11.2 Å². The van der Waals surface area contributed by atoms with Gasteiger partial charge in [0.15, 0.2) is 0 Å². The third kappa shape index (κ3) is 3.77. The number of hydrogen-bond donors (Lipinski definition) is 1. The third-order valence-electron chi connectivity index (χ3n) is 3.75. The molecule has 21 heavy (non-hydrogen) atoms. The van der Waals surface area contributed by atoms with Gasteiger partial charge in [-0.25, -0.2) is 0 Å². The van der Waals surface area contributed by atoms with E-state index in [0.29, 0.717) is 18.7 Å². The molecular weight excluding hydrogens is 272 g/mol. The first kappa shape index (κ1) is 15.4. The van der Waals surface area contributed by atoms with Gasteiger partial charge in [0.05, 0.1) is 17.4 Å². The van der Waals surface area contributed by atoms with E-state index < -0.39 is 4.92 Å². The monoisotopic (exact) mass is 292 g/mol. The van der Waals surface area contributed by atoms with Crippen molar-refractivity contribution < 1.29 is 9.72 Å². The van der Waals surface area contributed by atoms with E-state index >= 15 is 0 Å². The predicted molar refractivity (Wildman–Crippen MR) is 78.9 cm³/mol. The number of hydrogen-bond acceptors (Lipinski definition) is 5. The zero-order valence-corrected chi connectivity index (χ0v) is 12.1. The summed E-state index contributed by atoms with van der Waals surface area (Å²) in [6.45, 7) is 2.64. The number of non-ortho nitro benzene ring substituents is 1. The van der Waals surface area contributed by atoms with Crippen molar-refractivity contribution in [3.8, 4) is 0 Å². The highest BCUT2D eigenvalue weighted by Crippen LogP contribution is 2.16. The lowest BCUT2D eigenvalue weighted by molar-refractivity contribution is -0.384. The number of likely N-dealkylation sites (N-methyl/N-ethyl adjacent to an activating group) is 1. The normalized spacial score (nSPS) is 19.5. The number of piperazine rings is 1. The van der Waals surface area contributed by atoms with Crippen LogP contribution in [0.2, 0.25) is 0 Å². The Morgan fingerprint density at radius 2 is 2.24 bits per heavy atom. The molecule has 0 spiro atoms. The summed E-state index contributed by atoms with van der Waals surface area (Å²) in [5.41, 5.74) is 6.41. The van der Waals surface area contributed by atoms with Crippen LogP contribution < -0.4 is 5.73 Å². The van der Waals surface area contributed by atoms with Crippen LogP contribution in [0.1, 0.15) is 5.56 Å². The molecule has 0 bridgehead atoms. The Labute approximate surface area is 123 Å². The van der Waals surface area contributed by atoms with Gasteiger partial charge >= 0.3 is 0 Å². The molecule has 1 aromatic rings. The highest BCUT2D eigenvalue weighted by Gasteiger charge is 2.27. The van der Waals surface area contributed by atoms with E-state index in [0.717, 1.165) is 13.1 Å². The van der Waals surface area contributed by atoms with Crippen LogP contribution in [0.15, 0.2) is 24.3 Å². The fourth-order valence-electron chi connectivity index (χ4n) is 2.60. The fourth-order valence-corrected chi connectivity index (χ4v) is 2.60. The molecule has 0 radical (unpaired) electrons. The Balaban J connectivity index is 2.06. The quantitative estimate of drug-likeness (QED) is 0.634. The van der Waals surface area contributed by atoms with Gasteiger partial charge in [-0.1, -0.05) is 12.1 Å². The minimum absolute atomic E-state index is 0.00838. The van der Waals surface area contributed by atoms with Gasteiger partial charge in [-0.2, -0.15) is 0 Å². The highest BCUT2D eigenvalue weighted by molar-refractivity contribution is 5.79. The van der Waals surface area contributed by atoms with Gasteiger partial charge in [-0.15, -0.1) is 0 Å². The van der Waals surface area contributed by atoms with Crippen molar-refractivity contribution in [1.82, 2.24) is 9.80 Å². The largest absolute Gasteiger partial charge is 0.336 e. The Bertz CT molecular complexity index is 535. The Kier molecular flexibility index (Phi) is 4.87. The van der Waals surface area contributed by atoms with Gasteiger partial charge in [-0.05, 0) is 12.6 Å². The van der Waals surface area contributed by atoms with Crippen molar-refractivity contribution in [2.24, 2.45) is 5.73 Å². The Morgan fingerprint density at radius 3 is 2.90 bits per heavy atom. The maximum atomic E-state index is 12.4. The van der Waals surface area contributed by atoms with Crippen molar-refractivity contribution in [1.29, 1.82) is 0 Å². The molecule has 1 amide bonds. The first-order valence-electron chi connectivity index (χ1n) is 6.92. The summed E-state index contributed by atoms with van der Waals surface area (Å²) < 4.78 is 0. The minimum atomic E-state index is -0.452. The summed E-state index contributed by atoms with van der Waals surface area (Å²) in [6, 6.07) is 6.22. The molecule has 2 rings (SSSR count). The van der Waals surface area contributed by atoms with Gasteiger partial charge in [0.25, 0.3) is 5.69 Å². The van der Waals surface area contributed by atoms with Crippen LogP contribution in [0.5, 0.6) is 0 Å². The molecular formula is C14H20N4O3. The van der Waals surface area contributed by atoms with Crippen molar-refractivity contribution in [2.75, 3.05) is 33.2 Å². The van der Waals surface area contributed by atoms with Crippen LogP contribution in [0.4, 0.5) is 5.69 Å². The van der Waals surface area contributed by atoms with Crippen LogP contribution in [0, 0.1) is 10.1 Å². The SMILES string of the molecule is CN1CCN(C(=O)Cc2cccc([N+](=O)[O-])c2)C(CN)C1. The molecule has 1 aliphatic heterocycles. The topological polar surface area (TPSA) is 92.7 Å². The maximum Gasteiger partial charge on any atom is 0.269 e. The second kappa shape index (κ2) is 6.64. The zero-order valence-electron chi connectivity index (χ0n) is 12.1. The van der Waals surface area contributed by atoms with E-state index in [9.17, 15) is 14.9 Å². The first-order valence-corrected chi connectivity index (χ1v) is 6.92. The molecule has 7 nitrogen and oxygen atoms in total. The molecule has 1 unspecified atom stereocenters. The number of nitrogens with zero attached hydrogens (tertiary/aromatic N) is 3. The van der Waals surface area contributed by atoms with E-state index in [-0.39, 0.29) is 24.1 Å². The molecule has 1 saturated heterocycles. The number of carbonyl (C=O) groups excluding carboxylic acids is 1.